The highest BCUT2D eigenvalue weighted by atomic mass is 127. The van der Waals surface area contributed by atoms with E-state index in [9.17, 15) is 15.0 Å². The summed E-state index contributed by atoms with van der Waals surface area (Å²) in [5.74, 6) is -0.323. The predicted octanol–water partition coefficient (Wildman–Crippen LogP) is 3.50. The first-order valence-electron chi connectivity index (χ1n) is 9.35. The van der Waals surface area contributed by atoms with Crippen LogP contribution in [-0.2, 0) is 22.4 Å². The van der Waals surface area contributed by atoms with Crippen molar-refractivity contribution in [3.05, 3.63) is 50.6 Å². The minimum atomic E-state index is -0.188. The lowest BCUT2D eigenvalue weighted by molar-refractivity contribution is -0.140. The van der Waals surface area contributed by atoms with E-state index in [0.717, 1.165) is 46.2 Å². The monoisotopic (exact) mass is 496 g/mol. The highest BCUT2D eigenvalue weighted by molar-refractivity contribution is 14.1. The summed E-state index contributed by atoms with van der Waals surface area (Å²) in [6.07, 6.45) is 2.78. The van der Waals surface area contributed by atoms with Gasteiger partial charge in [0.2, 0.25) is 0 Å². The number of carbonyl (C=O) groups excluding carboxylic acids is 1. The average molecular weight is 496 g/mol. The number of anilines is 1. The highest BCUT2D eigenvalue weighted by Gasteiger charge is 2.22. The van der Waals surface area contributed by atoms with Gasteiger partial charge in [0.05, 0.1) is 7.11 Å². The molecule has 3 rings (SSSR count). The Labute approximate surface area is 178 Å². The molecule has 0 unspecified atom stereocenters. The van der Waals surface area contributed by atoms with E-state index < -0.39 is 0 Å². The Bertz CT molecular complexity index is 857. The summed E-state index contributed by atoms with van der Waals surface area (Å²) < 4.78 is 5.77. The van der Waals surface area contributed by atoms with Crippen LogP contribution in [-0.4, -0.2) is 36.4 Å². The standard InChI is InChI=1S/C21H25IN2O4/c1-28-21(27)3-2-7-23-17-5-4-13(9-16(17)22)10-18-15-12-20(26)19(25)11-14(15)6-8-24-18/h4-5,9,11-12,18,23-26H,2-3,6-8,10H2,1H3/t18-/m0/s1. The molecule has 0 bridgehead atoms. The molecule has 28 heavy (non-hydrogen) atoms. The number of hydrogen-bond donors (Lipinski definition) is 4. The van der Waals surface area contributed by atoms with Gasteiger partial charge in [-0.3, -0.25) is 4.79 Å². The topological polar surface area (TPSA) is 90.8 Å². The molecule has 6 nitrogen and oxygen atoms in total. The quantitative estimate of drug-likeness (QED) is 0.203. The summed E-state index contributed by atoms with van der Waals surface area (Å²) in [4.78, 5) is 11.2. The van der Waals surface area contributed by atoms with E-state index in [1.165, 1.54) is 12.7 Å². The Hall–Kier alpha value is -2.00. The van der Waals surface area contributed by atoms with Crippen molar-refractivity contribution < 1.29 is 19.7 Å². The third kappa shape index (κ3) is 5.08. The number of nitrogens with one attached hydrogen (secondary N) is 2. The first-order valence-corrected chi connectivity index (χ1v) is 10.4. The number of esters is 1. The van der Waals surface area contributed by atoms with Crippen molar-refractivity contribution in [2.24, 2.45) is 0 Å². The first kappa shape index (κ1) is 20.7. The summed E-state index contributed by atoms with van der Waals surface area (Å²) >= 11 is 2.31. The highest BCUT2D eigenvalue weighted by Crippen LogP contribution is 2.35. The average Bonchev–Trinajstić information content (AvgIpc) is 2.68. The molecule has 2 aromatic rings. The SMILES string of the molecule is COC(=O)CCCNc1ccc(C[C@@H]2NCCc3cc(O)c(O)cc32)cc1I. The fourth-order valence-electron chi connectivity index (χ4n) is 3.47. The minimum Gasteiger partial charge on any atom is -0.504 e. The van der Waals surface area contributed by atoms with Gasteiger partial charge in [-0.25, -0.2) is 0 Å². The zero-order chi connectivity index (χ0) is 20.1. The molecule has 0 amide bonds. The van der Waals surface area contributed by atoms with Gasteiger partial charge in [0, 0.05) is 28.3 Å². The number of phenols is 2. The molecule has 1 aliphatic heterocycles. The van der Waals surface area contributed by atoms with Crippen LogP contribution in [0.15, 0.2) is 30.3 Å². The number of benzene rings is 2. The Balaban J connectivity index is 1.64. The molecule has 0 aliphatic carbocycles. The van der Waals surface area contributed by atoms with E-state index in [1.54, 1.807) is 12.1 Å². The molecule has 0 aromatic heterocycles. The van der Waals surface area contributed by atoms with Crippen LogP contribution in [0.1, 0.15) is 35.6 Å². The minimum absolute atomic E-state index is 0.0587. The van der Waals surface area contributed by atoms with Gasteiger partial charge in [-0.15, -0.1) is 0 Å². The van der Waals surface area contributed by atoms with E-state index in [4.69, 9.17) is 0 Å². The second-order valence-electron chi connectivity index (χ2n) is 6.92. The van der Waals surface area contributed by atoms with Crippen LogP contribution in [0.4, 0.5) is 5.69 Å². The molecular formula is C21H25IN2O4. The van der Waals surface area contributed by atoms with Crippen molar-refractivity contribution in [3.63, 3.8) is 0 Å². The zero-order valence-electron chi connectivity index (χ0n) is 15.8. The molecule has 0 fully saturated rings. The van der Waals surface area contributed by atoms with Crippen LogP contribution >= 0.6 is 22.6 Å². The second-order valence-corrected chi connectivity index (χ2v) is 8.08. The van der Waals surface area contributed by atoms with Gasteiger partial charge in [-0.1, -0.05) is 6.07 Å². The number of halogens is 1. The molecular weight excluding hydrogens is 471 g/mol. The van der Waals surface area contributed by atoms with Crippen LogP contribution in [0.25, 0.3) is 0 Å². The summed E-state index contributed by atoms with van der Waals surface area (Å²) in [5, 5.41) is 26.5. The Morgan fingerprint density at radius 3 is 2.82 bits per heavy atom. The number of methoxy groups -OCH3 is 1. The fraction of sp³-hybridized carbons (Fsp3) is 0.381. The smallest absolute Gasteiger partial charge is 0.305 e. The molecule has 1 aliphatic rings. The lowest BCUT2D eigenvalue weighted by Crippen LogP contribution is -2.31. The molecule has 0 spiro atoms. The van der Waals surface area contributed by atoms with Gasteiger partial charge >= 0.3 is 5.97 Å². The maximum atomic E-state index is 11.2. The van der Waals surface area contributed by atoms with Gasteiger partial charge in [0.1, 0.15) is 0 Å². The molecule has 2 aromatic carbocycles. The van der Waals surface area contributed by atoms with Crippen LogP contribution in [0.3, 0.4) is 0 Å². The molecule has 7 heteroatoms. The molecule has 4 N–H and O–H groups in total. The van der Waals surface area contributed by atoms with Gasteiger partial charge < -0.3 is 25.6 Å². The summed E-state index contributed by atoms with van der Waals surface area (Å²) in [6, 6.07) is 9.76. The van der Waals surface area contributed by atoms with Crippen molar-refractivity contribution in [1.82, 2.24) is 5.32 Å². The number of ether oxygens (including phenoxy) is 1. The van der Waals surface area contributed by atoms with Crippen molar-refractivity contribution >= 4 is 34.2 Å². The lowest BCUT2D eigenvalue weighted by atomic mass is 9.90. The number of hydrogen-bond acceptors (Lipinski definition) is 6. The summed E-state index contributed by atoms with van der Waals surface area (Å²) in [7, 11) is 1.40. The number of rotatable bonds is 7. The van der Waals surface area contributed by atoms with Gasteiger partial charge in [0.15, 0.2) is 11.5 Å². The van der Waals surface area contributed by atoms with Crippen LogP contribution in [0, 0.1) is 3.57 Å². The van der Waals surface area contributed by atoms with E-state index in [1.807, 2.05) is 0 Å². The van der Waals surface area contributed by atoms with E-state index >= 15 is 0 Å². The van der Waals surface area contributed by atoms with E-state index in [2.05, 4.69) is 56.2 Å². The van der Waals surface area contributed by atoms with Crippen LogP contribution in [0.2, 0.25) is 0 Å². The Morgan fingerprint density at radius 2 is 2.07 bits per heavy atom. The number of carbonyl (C=O) groups is 1. The van der Waals surface area contributed by atoms with E-state index in [-0.39, 0.29) is 23.5 Å². The molecule has 1 heterocycles. The predicted molar refractivity (Wildman–Crippen MR) is 117 cm³/mol. The van der Waals surface area contributed by atoms with Gasteiger partial charge in [-0.05, 0) is 89.4 Å². The molecule has 1 atom stereocenters. The Morgan fingerprint density at radius 1 is 1.29 bits per heavy atom. The first-order chi connectivity index (χ1) is 13.5. The summed E-state index contributed by atoms with van der Waals surface area (Å²) in [6.45, 7) is 1.56. The number of aromatic hydroxyl groups is 2. The maximum Gasteiger partial charge on any atom is 0.305 e. The zero-order valence-corrected chi connectivity index (χ0v) is 18.0. The molecule has 0 radical (unpaired) electrons. The van der Waals surface area contributed by atoms with Crippen molar-refractivity contribution in [2.45, 2.75) is 31.7 Å². The molecule has 0 saturated carbocycles. The normalized spacial score (nSPS) is 15.7. The molecule has 150 valence electrons. The van der Waals surface area contributed by atoms with Gasteiger partial charge in [0.25, 0.3) is 0 Å². The fourth-order valence-corrected chi connectivity index (χ4v) is 4.24. The largest absolute Gasteiger partial charge is 0.504 e. The van der Waals surface area contributed by atoms with Gasteiger partial charge in [-0.2, -0.15) is 0 Å². The van der Waals surface area contributed by atoms with E-state index in [0.29, 0.717) is 13.0 Å². The number of phenolic OH excluding ortho intramolecular Hbond substituents is 2. The number of fused-ring (bicyclic) bond motifs is 1. The van der Waals surface area contributed by atoms with Crippen LogP contribution in [0.5, 0.6) is 11.5 Å². The van der Waals surface area contributed by atoms with Crippen molar-refractivity contribution in [3.8, 4) is 11.5 Å². The van der Waals surface area contributed by atoms with Crippen molar-refractivity contribution in [1.29, 1.82) is 0 Å². The summed E-state index contributed by atoms with van der Waals surface area (Å²) in [5.41, 5.74) is 4.37. The third-order valence-corrected chi connectivity index (χ3v) is 5.86. The van der Waals surface area contributed by atoms with Crippen LogP contribution < -0.4 is 10.6 Å². The van der Waals surface area contributed by atoms with Crippen molar-refractivity contribution in [2.75, 3.05) is 25.5 Å². The molecule has 0 saturated heterocycles. The Kier molecular flexibility index (Phi) is 7.01. The lowest BCUT2D eigenvalue weighted by Gasteiger charge is -2.27. The second kappa shape index (κ2) is 9.47. The third-order valence-electron chi connectivity index (χ3n) is 4.97. The maximum absolute atomic E-state index is 11.2.